The van der Waals surface area contributed by atoms with Gasteiger partial charge in [-0.1, -0.05) is 12.2 Å². The first-order chi connectivity index (χ1) is 15.8. The van der Waals surface area contributed by atoms with Crippen LogP contribution in [0.1, 0.15) is 36.6 Å². The summed E-state index contributed by atoms with van der Waals surface area (Å²) >= 11 is 0. The molecule has 0 spiro atoms. The maximum Gasteiger partial charge on any atom is 0.127 e. The number of imidazole rings is 2. The summed E-state index contributed by atoms with van der Waals surface area (Å²) in [5, 5.41) is 6.78. The molecular formula is C22H22N10. The van der Waals surface area contributed by atoms with E-state index >= 15 is 0 Å². The van der Waals surface area contributed by atoms with Crippen molar-refractivity contribution in [3.8, 4) is 34.2 Å². The highest BCUT2D eigenvalue weighted by atomic mass is 15.0. The van der Waals surface area contributed by atoms with E-state index in [1.165, 1.54) is 6.42 Å². The maximum absolute atomic E-state index is 4.54. The molecule has 1 saturated heterocycles. The van der Waals surface area contributed by atoms with E-state index in [1.807, 2.05) is 6.20 Å². The Morgan fingerprint density at radius 3 is 1.84 bits per heavy atom. The molecule has 2 aliphatic heterocycles. The number of nitrogens with one attached hydrogen (secondary N) is 4. The molecule has 0 unspecified atom stereocenters. The Balaban J connectivity index is 1.17. The van der Waals surface area contributed by atoms with E-state index in [4.69, 9.17) is 0 Å². The first-order valence-corrected chi connectivity index (χ1v) is 10.7. The molecular weight excluding hydrogens is 404 g/mol. The Bertz CT molecular complexity index is 1230. The zero-order valence-electron chi connectivity index (χ0n) is 17.3. The van der Waals surface area contributed by atoms with Gasteiger partial charge in [0.05, 0.1) is 60.7 Å². The molecule has 0 aliphatic carbocycles. The van der Waals surface area contributed by atoms with Gasteiger partial charge in [0.1, 0.15) is 34.4 Å². The SMILES string of the molecule is C1=C[C@@H](c2ncc(-c3cnc(-c4cnc(-c5cnc([C@@H]6CCCN6)[nH]5)cn4)cn3)[nH]2)NC1. The average Bonchev–Trinajstić information content (AvgIpc) is 3.66. The van der Waals surface area contributed by atoms with Gasteiger partial charge in [-0.15, -0.1) is 0 Å². The molecule has 6 rings (SSSR count). The fraction of sp³-hybridized carbons (Fsp3) is 0.273. The number of hydrogen-bond acceptors (Lipinski definition) is 8. The third-order valence-corrected chi connectivity index (χ3v) is 5.78. The van der Waals surface area contributed by atoms with Crippen molar-refractivity contribution in [3.63, 3.8) is 0 Å². The molecule has 0 amide bonds. The highest BCUT2D eigenvalue weighted by molar-refractivity contribution is 5.59. The molecule has 4 aromatic heterocycles. The van der Waals surface area contributed by atoms with E-state index in [1.54, 1.807) is 31.0 Å². The van der Waals surface area contributed by atoms with Crippen LogP contribution in [0.15, 0.2) is 49.3 Å². The molecule has 10 nitrogen and oxygen atoms in total. The summed E-state index contributed by atoms with van der Waals surface area (Å²) in [7, 11) is 0. The smallest absolute Gasteiger partial charge is 0.127 e. The topological polar surface area (TPSA) is 133 Å². The van der Waals surface area contributed by atoms with Crippen LogP contribution in [0.25, 0.3) is 34.2 Å². The summed E-state index contributed by atoms with van der Waals surface area (Å²) in [6, 6.07) is 0.409. The molecule has 10 heteroatoms. The Labute approximate surface area is 184 Å². The third-order valence-electron chi connectivity index (χ3n) is 5.78. The van der Waals surface area contributed by atoms with Crippen LogP contribution in [-0.2, 0) is 0 Å². The monoisotopic (exact) mass is 426 g/mol. The van der Waals surface area contributed by atoms with E-state index in [2.05, 4.69) is 62.7 Å². The van der Waals surface area contributed by atoms with E-state index in [0.717, 1.165) is 53.9 Å². The minimum atomic E-state index is 0.116. The second kappa shape index (κ2) is 8.06. The van der Waals surface area contributed by atoms with Crippen LogP contribution in [0.2, 0.25) is 0 Å². The Kier molecular flexibility index (Phi) is 4.78. The molecule has 0 bridgehead atoms. The first kappa shape index (κ1) is 19.0. The van der Waals surface area contributed by atoms with Crippen LogP contribution in [0.4, 0.5) is 0 Å². The van der Waals surface area contributed by atoms with Crippen molar-refractivity contribution in [1.82, 2.24) is 50.5 Å². The number of aromatic amines is 2. The van der Waals surface area contributed by atoms with Crippen molar-refractivity contribution in [2.75, 3.05) is 13.1 Å². The van der Waals surface area contributed by atoms with Gasteiger partial charge in [-0.05, 0) is 19.4 Å². The van der Waals surface area contributed by atoms with Crippen molar-refractivity contribution in [2.24, 2.45) is 0 Å². The highest BCUT2D eigenvalue weighted by Crippen LogP contribution is 2.24. The maximum atomic E-state index is 4.54. The van der Waals surface area contributed by atoms with E-state index < -0.39 is 0 Å². The van der Waals surface area contributed by atoms with Gasteiger partial charge < -0.3 is 20.6 Å². The lowest BCUT2D eigenvalue weighted by Gasteiger charge is -2.05. The number of nitrogens with zero attached hydrogens (tertiary/aromatic N) is 6. The molecule has 0 aromatic carbocycles. The number of rotatable bonds is 5. The lowest BCUT2D eigenvalue weighted by Crippen LogP contribution is -2.14. The first-order valence-electron chi connectivity index (χ1n) is 10.7. The second-order valence-corrected chi connectivity index (χ2v) is 7.90. The Morgan fingerprint density at radius 2 is 1.28 bits per heavy atom. The summed E-state index contributed by atoms with van der Waals surface area (Å²) in [6.45, 7) is 1.89. The summed E-state index contributed by atoms with van der Waals surface area (Å²) < 4.78 is 0. The molecule has 0 saturated carbocycles. The summed E-state index contributed by atoms with van der Waals surface area (Å²) in [5.74, 6) is 1.82. The quantitative estimate of drug-likeness (QED) is 0.358. The summed E-state index contributed by atoms with van der Waals surface area (Å²) in [5.41, 5.74) is 4.48. The van der Waals surface area contributed by atoms with Crippen LogP contribution in [-0.4, -0.2) is 53.0 Å². The van der Waals surface area contributed by atoms with E-state index in [0.29, 0.717) is 17.4 Å². The van der Waals surface area contributed by atoms with Crippen molar-refractivity contribution in [3.05, 3.63) is 61.0 Å². The van der Waals surface area contributed by atoms with Crippen molar-refractivity contribution >= 4 is 0 Å². The molecule has 1 fully saturated rings. The van der Waals surface area contributed by atoms with Crippen LogP contribution >= 0.6 is 0 Å². The van der Waals surface area contributed by atoms with Crippen molar-refractivity contribution in [2.45, 2.75) is 24.9 Å². The molecule has 6 heterocycles. The average molecular weight is 426 g/mol. The molecule has 2 atom stereocenters. The number of aromatic nitrogens is 8. The van der Waals surface area contributed by atoms with Gasteiger partial charge in [0.15, 0.2) is 0 Å². The molecule has 0 radical (unpaired) electrons. The predicted octanol–water partition coefficient (Wildman–Crippen LogP) is 2.34. The minimum Gasteiger partial charge on any atom is -0.339 e. The van der Waals surface area contributed by atoms with Gasteiger partial charge in [-0.2, -0.15) is 0 Å². The van der Waals surface area contributed by atoms with Gasteiger partial charge >= 0.3 is 0 Å². The van der Waals surface area contributed by atoms with Crippen molar-refractivity contribution in [1.29, 1.82) is 0 Å². The third kappa shape index (κ3) is 3.59. The molecule has 160 valence electrons. The minimum absolute atomic E-state index is 0.116. The molecule has 4 N–H and O–H groups in total. The predicted molar refractivity (Wildman–Crippen MR) is 118 cm³/mol. The lowest BCUT2D eigenvalue weighted by atomic mass is 10.2. The van der Waals surface area contributed by atoms with Gasteiger partial charge in [-0.25, -0.2) is 9.97 Å². The van der Waals surface area contributed by atoms with E-state index in [9.17, 15) is 0 Å². The summed E-state index contributed by atoms with van der Waals surface area (Å²) in [4.78, 5) is 33.7. The fourth-order valence-corrected chi connectivity index (χ4v) is 4.04. The highest BCUT2D eigenvalue weighted by Gasteiger charge is 2.20. The Hall–Kier alpha value is -3.76. The van der Waals surface area contributed by atoms with E-state index in [-0.39, 0.29) is 6.04 Å². The standard InChI is InChI=1S/C22H22N10/c1-3-13(23-5-1)21-29-11-19(31-21)17-9-25-15(7-27-17)16-8-28-18(10-26-16)20-12-30-22(32-20)14-4-2-6-24-14/h1,3,7-14,23-24H,2,4-6H2,(H,29,31)(H,30,32)/t13-,14-/m0/s1. The zero-order valence-corrected chi connectivity index (χ0v) is 17.3. The molecule has 4 aromatic rings. The van der Waals surface area contributed by atoms with Gasteiger partial charge in [-0.3, -0.25) is 19.9 Å². The van der Waals surface area contributed by atoms with Crippen LogP contribution in [0, 0.1) is 0 Å². The van der Waals surface area contributed by atoms with Crippen LogP contribution < -0.4 is 10.6 Å². The van der Waals surface area contributed by atoms with Crippen molar-refractivity contribution < 1.29 is 0 Å². The normalized spacial score (nSPS) is 20.2. The van der Waals surface area contributed by atoms with Gasteiger partial charge in [0.2, 0.25) is 0 Å². The second-order valence-electron chi connectivity index (χ2n) is 7.90. The van der Waals surface area contributed by atoms with Gasteiger partial charge in [0.25, 0.3) is 0 Å². The summed E-state index contributed by atoms with van der Waals surface area (Å²) in [6.07, 6.45) is 16.9. The molecule has 2 aliphatic rings. The largest absolute Gasteiger partial charge is 0.339 e. The molecule has 32 heavy (non-hydrogen) atoms. The number of hydrogen-bond donors (Lipinski definition) is 4. The zero-order chi connectivity index (χ0) is 21.3. The number of H-pyrrole nitrogens is 2. The van der Waals surface area contributed by atoms with Gasteiger partial charge in [0, 0.05) is 6.54 Å². The fourth-order valence-electron chi connectivity index (χ4n) is 4.04. The van der Waals surface area contributed by atoms with Crippen LogP contribution in [0.3, 0.4) is 0 Å². The Morgan fingerprint density at radius 1 is 0.656 bits per heavy atom. The van der Waals surface area contributed by atoms with Crippen LogP contribution in [0.5, 0.6) is 0 Å². The lowest BCUT2D eigenvalue weighted by molar-refractivity contribution is 0.613.